The van der Waals surface area contributed by atoms with Crippen molar-refractivity contribution in [3.05, 3.63) is 33.3 Å². The molecule has 0 spiro atoms. The summed E-state index contributed by atoms with van der Waals surface area (Å²) in [5.74, 6) is 3.45. The van der Waals surface area contributed by atoms with Crippen LogP contribution in [0.1, 0.15) is 47.5 Å². The van der Waals surface area contributed by atoms with Gasteiger partial charge in [0.25, 0.3) is 0 Å². The first-order chi connectivity index (χ1) is 10.2. The molecule has 21 heavy (non-hydrogen) atoms. The number of nitrogens with zero attached hydrogens (tertiary/aromatic N) is 2. The number of hydrogen-bond acceptors (Lipinski definition) is 5. The fraction of sp³-hybridized carbons (Fsp3) is 0.500. The van der Waals surface area contributed by atoms with Crippen molar-refractivity contribution in [3.8, 4) is 0 Å². The lowest BCUT2D eigenvalue weighted by Crippen LogP contribution is -2.09. The van der Waals surface area contributed by atoms with Crippen LogP contribution in [0.2, 0.25) is 0 Å². The zero-order chi connectivity index (χ0) is 14.8. The van der Waals surface area contributed by atoms with Crippen molar-refractivity contribution in [2.24, 2.45) is 0 Å². The van der Waals surface area contributed by atoms with Gasteiger partial charge >= 0.3 is 0 Å². The maximum Gasteiger partial charge on any atom is 0.136 e. The molecule has 2 aromatic heterocycles. The molecular formula is C16H22N4S. The van der Waals surface area contributed by atoms with Crippen molar-refractivity contribution < 1.29 is 0 Å². The average Bonchev–Trinajstić information content (AvgIpc) is 3.25. The third-order valence-electron chi connectivity index (χ3n) is 3.98. The molecule has 0 aliphatic heterocycles. The Morgan fingerprint density at radius 3 is 2.71 bits per heavy atom. The van der Waals surface area contributed by atoms with E-state index in [1.54, 1.807) is 0 Å². The molecule has 112 valence electrons. The Hall–Kier alpha value is -1.62. The Morgan fingerprint density at radius 2 is 2.05 bits per heavy atom. The third kappa shape index (κ3) is 3.02. The van der Waals surface area contributed by atoms with E-state index in [-0.39, 0.29) is 0 Å². The van der Waals surface area contributed by atoms with Gasteiger partial charge in [-0.3, -0.25) is 0 Å². The maximum absolute atomic E-state index is 4.74. The molecule has 0 saturated heterocycles. The Balaban J connectivity index is 1.82. The molecular weight excluding hydrogens is 280 g/mol. The minimum absolute atomic E-state index is 0.561. The topological polar surface area (TPSA) is 49.8 Å². The number of rotatable bonds is 6. The molecule has 0 aromatic carbocycles. The normalized spacial score (nSPS) is 14.2. The van der Waals surface area contributed by atoms with E-state index in [2.05, 4.69) is 40.9 Å². The van der Waals surface area contributed by atoms with E-state index < -0.39 is 0 Å². The maximum atomic E-state index is 4.74. The lowest BCUT2D eigenvalue weighted by molar-refractivity contribution is 0.913. The van der Waals surface area contributed by atoms with Gasteiger partial charge < -0.3 is 10.6 Å². The number of thiophene rings is 1. The average molecular weight is 302 g/mol. The second-order valence-corrected chi connectivity index (χ2v) is 6.51. The molecule has 3 rings (SSSR count). The van der Waals surface area contributed by atoms with Crippen molar-refractivity contribution in [1.29, 1.82) is 0 Å². The van der Waals surface area contributed by atoms with Crippen LogP contribution in [0.15, 0.2) is 11.4 Å². The lowest BCUT2D eigenvalue weighted by Gasteiger charge is -2.13. The molecule has 1 fully saturated rings. The Morgan fingerprint density at radius 1 is 1.29 bits per heavy atom. The standard InChI is InChI=1S/C16H22N4S/c1-4-11-7-8-21-13(11)9-18-15-10(2)14(17-3)19-16(20-15)12-5-6-12/h7-8,12H,4-6,9H2,1-3H3,(H2,17,18,19,20). The highest BCUT2D eigenvalue weighted by atomic mass is 32.1. The van der Waals surface area contributed by atoms with Gasteiger partial charge in [0.1, 0.15) is 17.5 Å². The van der Waals surface area contributed by atoms with E-state index in [0.717, 1.165) is 36.0 Å². The predicted octanol–water partition coefficient (Wildman–Crippen LogP) is 3.94. The van der Waals surface area contributed by atoms with Crippen LogP contribution in [0.25, 0.3) is 0 Å². The summed E-state index contributed by atoms with van der Waals surface area (Å²) in [6, 6.07) is 2.21. The monoisotopic (exact) mass is 302 g/mol. The van der Waals surface area contributed by atoms with Crippen LogP contribution < -0.4 is 10.6 Å². The molecule has 4 nitrogen and oxygen atoms in total. The summed E-state index contributed by atoms with van der Waals surface area (Å²) in [5.41, 5.74) is 2.52. The summed E-state index contributed by atoms with van der Waals surface area (Å²) >= 11 is 1.81. The molecule has 2 N–H and O–H groups in total. The highest BCUT2D eigenvalue weighted by Crippen LogP contribution is 2.39. The highest BCUT2D eigenvalue weighted by Gasteiger charge is 2.28. The van der Waals surface area contributed by atoms with Gasteiger partial charge in [-0.2, -0.15) is 0 Å². The van der Waals surface area contributed by atoms with Gasteiger partial charge in [0, 0.05) is 23.4 Å². The number of nitrogens with one attached hydrogen (secondary N) is 2. The molecule has 0 bridgehead atoms. The van der Waals surface area contributed by atoms with Crippen LogP contribution in [0, 0.1) is 6.92 Å². The van der Waals surface area contributed by atoms with E-state index in [4.69, 9.17) is 4.98 Å². The molecule has 5 heteroatoms. The van der Waals surface area contributed by atoms with Gasteiger partial charge in [0.15, 0.2) is 0 Å². The molecule has 2 aromatic rings. The minimum Gasteiger partial charge on any atom is -0.373 e. The number of aromatic nitrogens is 2. The molecule has 0 radical (unpaired) electrons. The van der Waals surface area contributed by atoms with Gasteiger partial charge in [0.05, 0.1) is 6.54 Å². The summed E-state index contributed by atoms with van der Waals surface area (Å²) < 4.78 is 0. The van der Waals surface area contributed by atoms with Gasteiger partial charge in [-0.15, -0.1) is 11.3 Å². The lowest BCUT2D eigenvalue weighted by atomic mass is 10.2. The number of anilines is 2. The Kier molecular flexibility index (Phi) is 4.10. The zero-order valence-corrected chi connectivity index (χ0v) is 13.7. The molecule has 0 unspecified atom stereocenters. The second-order valence-electron chi connectivity index (χ2n) is 5.50. The van der Waals surface area contributed by atoms with E-state index in [0.29, 0.717) is 5.92 Å². The van der Waals surface area contributed by atoms with Gasteiger partial charge in [0.2, 0.25) is 0 Å². The summed E-state index contributed by atoms with van der Waals surface area (Å²) in [6.07, 6.45) is 3.52. The van der Waals surface area contributed by atoms with Crippen LogP contribution in [-0.2, 0) is 13.0 Å². The van der Waals surface area contributed by atoms with Crippen molar-refractivity contribution in [3.63, 3.8) is 0 Å². The zero-order valence-electron chi connectivity index (χ0n) is 12.9. The summed E-state index contributed by atoms with van der Waals surface area (Å²) in [6.45, 7) is 5.11. The smallest absolute Gasteiger partial charge is 0.136 e. The highest BCUT2D eigenvalue weighted by molar-refractivity contribution is 7.10. The third-order valence-corrected chi connectivity index (χ3v) is 4.94. The first kappa shape index (κ1) is 14.3. The largest absolute Gasteiger partial charge is 0.373 e. The van der Waals surface area contributed by atoms with Crippen LogP contribution in [0.3, 0.4) is 0 Å². The fourth-order valence-corrected chi connectivity index (χ4v) is 3.39. The predicted molar refractivity (Wildman–Crippen MR) is 89.3 cm³/mol. The Labute approximate surface area is 130 Å². The first-order valence-electron chi connectivity index (χ1n) is 7.58. The van der Waals surface area contributed by atoms with E-state index in [9.17, 15) is 0 Å². The number of aryl methyl sites for hydroxylation is 1. The summed E-state index contributed by atoms with van der Waals surface area (Å²) in [4.78, 5) is 10.8. The quantitative estimate of drug-likeness (QED) is 0.848. The van der Waals surface area contributed by atoms with Gasteiger partial charge in [-0.1, -0.05) is 6.92 Å². The van der Waals surface area contributed by atoms with Crippen LogP contribution in [0.4, 0.5) is 11.6 Å². The van der Waals surface area contributed by atoms with E-state index >= 15 is 0 Å². The molecule has 1 saturated carbocycles. The van der Waals surface area contributed by atoms with E-state index in [1.807, 2.05) is 18.4 Å². The molecule has 1 aliphatic rings. The fourth-order valence-electron chi connectivity index (χ4n) is 2.47. The Bertz CT molecular complexity index is 631. The SMILES string of the molecule is CCc1ccsc1CNc1nc(C2CC2)nc(NC)c1C. The molecule has 0 amide bonds. The van der Waals surface area contributed by atoms with Crippen molar-refractivity contribution in [1.82, 2.24) is 9.97 Å². The number of hydrogen-bond donors (Lipinski definition) is 2. The van der Waals surface area contributed by atoms with Crippen molar-refractivity contribution >= 4 is 23.0 Å². The van der Waals surface area contributed by atoms with Crippen LogP contribution >= 0.6 is 11.3 Å². The second kappa shape index (κ2) is 6.02. The van der Waals surface area contributed by atoms with Gasteiger partial charge in [-0.25, -0.2) is 9.97 Å². The van der Waals surface area contributed by atoms with E-state index in [1.165, 1.54) is 23.3 Å². The minimum atomic E-state index is 0.561. The van der Waals surface area contributed by atoms with Gasteiger partial charge in [-0.05, 0) is 43.2 Å². The molecule has 1 aliphatic carbocycles. The van der Waals surface area contributed by atoms with Crippen LogP contribution in [-0.4, -0.2) is 17.0 Å². The molecule has 2 heterocycles. The molecule has 0 atom stereocenters. The van der Waals surface area contributed by atoms with Crippen LogP contribution in [0.5, 0.6) is 0 Å². The van der Waals surface area contributed by atoms with Crippen molar-refractivity contribution in [2.75, 3.05) is 17.7 Å². The first-order valence-corrected chi connectivity index (χ1v) is 8.46. The van der Waals surface area contributed by atoms with Crippen molar-refractivity contribution in [2.45, 2.75) is 45.6 Å². The summed E-state index contributed by atoms with van der Waals surface area (Å²) in [5, 5.41) is 8.86. The summed E-state index contributed by atoms with van der Waals surface area (Å²) in [7, 11) is 1.92.